The van der Waals surface area contributed by atoms with E-state index in [1.165, 1.54) is 11.1 Å². The Bertz CT molecular complexity index is 721. The van der Waals surface area contributed by atoms with Crippen LogP contribution >= 0.6 is 0 Å². The van der Waals surface area contributed by atoms with E-state index in [0.717, 1.165) is 50.4 Å². The van der Waals surface area contributed by atoms with Crippen molar-refractivity contribution in [1.29, 1.82) is 0 Å². The Morgan fingerprint density at radius 3 is 2.69 bits per heavy atom. The smallest absolute Gasteiger partial charge is 0.256 e. The van der Waals surface area contributed by atoms with Crippen LogP contribution in [-0.2, 0) is 16.1 Å². The Kier molecular flexibility index (Phi) is 7.06. The molecular weight excluding hydrogens is 368 g/mol. The van der Waals surface area contributed by atoms with Crippen molar-refractivity contribution in [2.75, 3.05) is 40.0 Å². The van der Waals surface area contributed by atoms with Crippen molar-refractivity contribution in [3.8, 4) is 11.5 Å². The summed E-state index contributed by atoms with van der Waals surface area (Å²) >= 11 is 0. The van der Waals surface area contributed by atoms with Gasteiger partial charge in [0.15, 0.2) is 17.1 Å². The molecule has 29 heavy (non-hydrogen) atoms. The number of likely N-dealkylation sites (tertiary alicyclic amines) is 1. The Morgan fingerprint density at radius 1 is 1.21 bits per heavy atom. The van der Waals surface area contributed by atoms with Crippen LogP contribution in [0.2, 0.25) is 0 Å². The molecule has 2 aliphatic rings. The van der Waals surface area contributed by atoms with Crippen LogP contribution in [0.15, 0.2) is 12.1 Å². The average molecular weight is 405 g/mol. The summed E-state index contributed by atoms with van der Waals surface area (Å²) in [5.41, 5.74) is 1.66. The van der Waals surface area contributed by atoms with Crippen molar-refractivity contribution in [2.45, 2.75) is 65.1 Å². The number of rotatable bonds is 6. The third-order valence-corrected chi connectivity index (χ3v) is 6.08. The Hall–Kier alpha value is -1.79. The topological polar surface area (TPSA) is 51.2 Å². The maximum Gasteiger partial charge on any atom is 0.256 e. The number of methoxy groups -OCH3 is 1. The Balaban J connectivity index is 1.81. The lowest BCUT2D eigenvalue weighted by molar-refractivity contribution is -0.172. The van der Waals surface area contributed by atoms with E-state index >= 15 is 0 Å². The van der Waals surface area contributed by atoms with Crippen LogP contribution in [-0.4, -0.2) is 67.3 Å². The van der Waals surface area contributed by atoms with Gasteiger partial charge in [0.25, 0.3) is 5.91 Å². The first kappa shape index (κ1) is 21.9. The summed E-state index contributed by atoms with van der Waals surface area (Å²) in [5.74, 6) is 1.70. The molecule has 1 aromatic carbocycles. The number of nitrogens with zero attached hydrogens (tertiary/aromatic N) is 2. The Labute approximate surface area is 175 Å². The third kappa shape index (κ3) is 4.69. The lowest BCUT2D eigenvalue weighted by Crippen LogP contribution is -2.60. The molecule has 2 heterocycles. The molecule has 0 bridgehead atoms. The molecule has 1 aromatic rings. The monoisotopic (exact) mass is 404 g/mol. The number of hydrogen-bond acceptors (Lipinski definition) is 5. The van der Waals surface area contributed by atoms with Crippen molar-refractivity contribution in [2.24, 2.45) is 0 Å². The molecule has 0 saturated carbocycles. The van der Waals surface area contributed by atoms with E-state index in [-0.39, 0.29) is 11.9 Å². The number of amides is 1. The van der Waals surface area contributed by atoms with Gasteiger partial charge < -0.3 is 19.1 Å². The maximum absolute atomic E-state index is 13.4. The maximum atomic E-state index is 13.4. The van der Waals surface area contributed by atoms with Gasteiger partial charge in [0.05, 0.1) is 20.3 Å². The van der Waals surface area contributed by atoms with Gasteiger partial charge in [-0.3, -0.25) is 9.69 Å². The fourth-order valence-electron chi connectivity index (χ4n) is 4.47. The van der Waals surface area contributed by atoms with E-state index in [9.17, 15) is 4.79 Å². The highest BCUT2D eigenvalue weighted by atomic mass is 16.5. The molecule has 6 nitrogen and oxygen atoms in total. The second-order valence-electron chi connectivity index (χ2n) is 8.47. The van der Waals surface area contributed by atoms with E-state index in [0.29, 0.717) is 19.8 Å². The van der Waals surface area contributed by atoms with Gasteiger partial charge >= 0.3 is 0 Å². The summed E-state index contributed by atoms with van der Waals surface area (Å²) < 4.78 is 17.4. The van der Waals surface area contributed by atoms with Crippen LogP contribution in [0.3, 0.4) is 0 Å². The third-order valence-electron chi connectivity index (χ3n) is 6.08. The fraction of sp³-hybridized carbons (Fsp3) is 0.696. The molecule has 0 aromatic heterocycles. The predicted octanol–water partition coefficient (Wildman–Crippen LogP) is 3.39. The quantitative estimate of drug-likeness (QED) is 0.727. The second-order valence-corrected chi connectivity index (χ2v) is 8.47. The molecule has 3 rings (SSSR count). The minimum Gasteiger partial charge on any atom is -0.493 e. The number of benzene rings is 1. The molecule has 162 valence electrons. The highest BCUT2D eigenvalue weighted by Crippen LogP contribution is 2.34. The zero-order valence-electron chi connectivity index (χ0n) is 18.6. The SMILES string of the molecule is CCOc1cc(CN2CCOC3(CCCCN(C(C)C)C3=O)C2)c(C)cc1OC. The number of carbonyl (C=O) groups is 1. The zero-order valence-corrected chi connectivity index (χ0v) is 18.6. The van der Waals surface area contributed by atoms with Gasteiger partial charge in [0.2, 0.25) is 0 Å². The van der Waals surface area contributed by atoms with Crippen molar-refractivity contribution in [1.82, 2.24) is 9.80 Å². The summed E-state index contributed by atoms with van der Waals surface area (Å²) in [6.45, 7) is 12.5. The van der Waals surface area contributed by atoms with E-state index in [1.807, 2.05) is 17.9 Å². The number of aryl methyl sites for hydroxylation is 1. The van der Waals surface area contributed by atoms with Crippen molar-refractivity contribution < 1.29 is 19.0 Å². The normalized spacial score (nSPS) is 23.5. The van der Waals surface area contributed by atoms with E-state index in [2.05, 4.69) is 31.7 Å². The van der Waals surface area contributed by atoms with Crippen LogP contribution in [0.5, 0.6) is 11.5 Å². The molecule has 2 saturated heterocycles. The molecule has 0 N–H and O–H groups in total. The minimum absolute atomic E-state index is 0.163. The first-order valence-corrected chi connectivity index (χ1v) is 10.9. The molecule has 1 unspecified atom stereocenters. The van der Waals surface area contributed by atoms with E-state index < -0.39 is 5.60 Å². The van der Waals surface area contributed by atoms with Crippen molar-refractivity contribution >= 4 is 5.91 Å². The molecule has 0 aliphatic carbocycles. The van der Waals surface area contributed by atoms with Crippen LogP contribution in [0.1, 0.15) is 51.2 Å². The second kappa shape index (κ2) is 9.35. The first-order valence-electron chi connectivity index (χ1n) is 10.9. The Morgan fingerprint density at radius 2 is 2.00 bits per heavy atom. The lowest BCUT2D eigenvalue weighted by Gasteiger charge is -2.43. The minimum atomic E-state index is -0.706. The largest absolute Gasteiger partial charge is 0.493 e. The van der Waals surface area contributed by atoms with Gasteiger partial charge in [0, 0.05) is 32.2 Å². The van der Waals surface area contributed by atoms with Gasteiger partial charge in [-0.05, 0) is 70.2 Å². The standard InChI is InChI=1S/C23H36N2O4/c1-6-28-21-14-19(18(4)13-20(21)27-5)15-24-11-12-29-23(16-24)9-7-8-10-25(17(2)3)22(23)26/h13-14,17H,6-12,15-16H2,1-5H3. The fourth-order valence-corrected chi connectivity index (χ4v) is 4.47. The zero-order chi connectivity index (χ0) is 21.0. The average Bonchev–Trinajstić information content (AvgIpc) is 2.84. The summed E-state index contributed by atoms with van der Waals surface area (Å²) in [4.78, 5) is 17.7. The van der Waals surface area contributed by atoms with Crippen molar-refractivity contribution in [3.05, 3.63) is 23.3 Å². The number of ether oxygens (including phenoxy) is 3. The molecule has 1 amide bonds. The highest BCUT2D eigenvalue weighted by Gasteiger charge is 2.47. The van der Waals surface area contributed by atoms with E-state index in [1.54, 1.807) is 7.11 Å². The van der Waals surface area contributed by atoms with Gasteiger partial charge in [-0.1, -0.05) is 0 Å². The molecule has 2 aliphatic heterocycles. The molecule has 1 spiro atoms. The van der Waals surface area contributed by atoms with Gasteiger partial charge in [-0.25, -0.2) is 0 Å². The van der Waals surface area contributed by atoms with Crippen LogP contribution in [0.4, 0.5) is 0 Å². The van der Waals surface area contributed by atoms with Crippen LogP contribution < -0.4 is 9.47 Å². The summed E-state index contributed by atoms with van der Waals surface area (Å²) in [6.07, 6.45) is 2.88. The summed E-state index contributed by atoms with van der Waals surface area (Å²) in [7, 11) is 1.67. The molecule has 2 fully saturated rings. The van der Waals surface area contributed by atoms with E-state index in [4.69, 9.17) is 14.2 Å². The van der Waals surface area contributed by atoms with Gasteiger partial charge in [0.1, 0.15) is 0 Å². The lowest BCUT2D eigenvalue weighted by atomic mass is 9.93. The van der Waals surface area contributed by atoms with Crippen LogP contribution in [0.25, 0.3) is 0 Å². The molecule has 1 atom stereocenters. The molecule has 6 heteroatoms. The first-order chi connectivity index (χ1) is 13.9. The summed E-state index contributed by atoms with van der Waals surface area (Å²) in [5, 5.41) is 0. The number of morpholine rings is 1. The van der Waals surface area contributed by atoms with Crippen molar-refractivity contribution in [3.63, 3.8) is 0 Å². The highest BCUT2D eigenvalue weighted by molar-refractivity contribution is 5.86. The van der Waals surface area contributed by atoms with Gasteiger partial charge in [-0.15, -0.1) is 0 Å². The predicted molar refractivity (Wildman–Crippen MR) is 114 cm³/mol. The number of hydrogen-bond donors (Lipinski definition) is 0. The van der Waals surface area contributed by atoms with Gasteiger partial charge in [-0.2, -0.15) is 0 Å². The number of carbonyl (C=O) groups excluding carboxylic acids is 1. The summed E-state index contributed by atoms with van der Waals surface area (Å²) in [6, 6.07) is 4.32. The molecule has 0 radical (unpaired) electrons. The molecular formula is C23H36N2O4. The van der Waals surface area contributed by atoms with Crippen LogP contribution in [0, 0.1) is 6.92 Å².